The first-order chi connectivity index (χ1) is 27.8. The number of aromatic nitrogens is 8. The Bertz CT molecular complexity index is 3310. The third-order valence-electron chi connectivity index (χ3n) is 10.5. The van der Waals surface area contributed by atoms with Crippen LogP contribution in [-0.2, 0) is 40.2 Å². The normalized spacial score (nSPS) is 13.4. The molecule has 12 rings (SSSR count). The van der Waals surface area contributed by atoms with Crippen molar-refractivity contribution in [3.8, 4) is 0 Å². The van der Waals surface area contributed by atoms with Crippen molar-refractivity contribution in [1.82, 2.24) is 38.7 Å². The smallest absolute Gasteiger partial charge is 0.181 e. The first kappa shape index (κ1) is 38.7. The van der Waals surface area contributed by atoms with Crippen LogP contribution in [0.2, 0.25) is 0 Å². The van der Waals surface area contributed by atoms with Crippen molar-refractivity contribution < 1.29 is 40.2 Å². The number of rotatable bonds is 3. The molecule has 2 aliphatic heterocycles. The van der Waals surface area contributed by atoms with E-state index in [2.05, 4.69) is 95.3 Å². The van der Waals surface area contributed by atoms with E-state index in [1.807, 2.05) is 78.1 Å². The Morgan fingerprint density at radius 2 is 1.05 bits per heavy atom. The third-order valence-corrected chi connectivity index (χ3v) is 12.6. The van der Waals surface area contributed by atoms with Crippen molar-refractivity contribution in [3.63, 3.8) is 0 Å². The number of thiazole rings is 2. The molecule has 59 heavy (non-hydrogen) atoms. The van der Waals surface area contributed by atoms with Crippen LogP contribution in [0.1, 0.15) is 0 Å². The predicted octanol–water partition coefficient (Wildman–Crippen LogP) is 8.76. The van der Waals surface area contributed by atoms with Gasteiger partial charge in [0.2, 0.25) is 0 Å². The van der Waals surface area contributed by atoms with Crippen LogP contribution in [0.25, 0.3) is 52.4 Å². The van der Waals surface area contributed by atoms with Gasteiger partial charge in [0.25, 0.3) is 0 Å². The van der Waals surface area contributed by atoms with Gasteiger partial charge in [-0.2, -0.15) is 46.9 Å². The monoisotopic (exact) mass is 1170 g/mol. The summed E-state index contributed by atoms with van der Waals surface area (Å²) in [5.74, 6) is 4.71. The molecule has 0 aliphatic carbocycles. The number of para-hydroxylation sites is 2. The number of hydrogen-bond donors (Lipinski definition) is 0. The maximum atomic E-state index is 4.90. The van der Waals surface area contributed by atoms with Crippen molar-refractivity contribution in [2.75, 3.05) is 52.7 Å². The number of imidazole rings is 2. The summed E-state index contributed by atoms with van der Waals surface area (Å²) in [5, 5.41) is 0. The Balaban J connectivity index is 0.000000148. The molecule has 2 aliphatic rings. The van der Waals surface area contributed by atoms with Gasteiger partial charge in [0, 0.05) is 98.9 Å². The van der Waals surface area contributed by atoms with Crippen LogP contribution in [0.4, 0.5) is 40.3 Å². The minimum atomic E-state index is 0. The van der Waals surface area contributed by atoms with Gasteiger partial charge < -0.3 is 33.3 Å². The SMILES string of the molecule is C=C1N(C)c2nccnc2N1c1[c-]ccc2c1sc1nc3cc(N(C)C)ccc3n12.C=C1N(C)c2nccnc2N1c1[c-]ccc2c1sc1nc3ccccc3n12.[Ir].[Ir]. The van der Waals surface area contributed by atoms with Crippen molar-refractivity contribution in [3.05, 3.63) is 128 Å². The van der Waals surface area contributed by atoms with Crippen LogP contribution in [-0.4, -0.2) is 66.9 Å². The van der Waals surface area contributed by atoms with E-state index in [0.717, 1.165) is 104 Å². The molecule has 17 heteroatoms. The number of hydrogen-bond acceptors (Lipinski definition) is 13. The van der Waals surface area contributed by atoms with Gasteiger partial charge in [0.1, 0.15) is 11.6 Å². The van der Waals surface area contributed by atoms with Crippen LogP contribution < -0.4 is 24.5 Å². The largest absolute Gasteiger partial charge is 0.378 e. The Labute approximate surface area is 372 Å². The Morgan fingerprint density at radius 3 is 1.58 bits per heavy atom. The maximum Gasteiger partial charge on any atom is 0.181 e. The molecule has 10 aromatic rings. The summed E-state index contributed by atoms with van der Waals surface area (Å²) < 4.78 is 6.60. The number of fused-ring (bicyclic) bond motifs is 12. The molecule has 2 radical (unpaired) electrons. The zero-order chi connectivity index (χ0) is 38.7. The van der Waals surface area contributed by atoms with Crippen LogP contribution in [0.5, 0.6) is 0 Å². The second kappa shape index (κ2) is 14.5. The van der Waals surface area contributed by atoms with Crippen molar-refractivity contribution in [1.29, 1.82) is 0 Å². The molecule has 0 atom stereocenters. The molecule has 0 N–H and O–H groups in total. The van der Waals surface area contributed by atoms with E-state index in [4.69, 9.17) is 9.97 Å². The van der Waals surface area contributed by atoms with Gasteiger partial charge in [-0.05, 0) is 62.1 Å². The molecular formula is C42H31Ir2N13S2-2. The zero-order valence-corrected chi connectivity index (χ0v) is 38.3. The second-order valence-electron chi connectivity index (χ2n) is 13.8. The van der Waals surface area contributed by atoms with E-state index in [1.54, 1.807) is 47.5 Å². The maximum absolute atomic E-state index is 4.90. The molecule has 8 heterocycles. The molecule has 4 aromatic carbocycles. The molecule has 0 saturated carbocycles. The quantitative estimate of drug-likeness (QED) is 0.159. The summed E-state index contributed by atoms with van der Waals surface area (Å²) in [5.41, 5.74) is 9.36. The minimum absolute atomic E-state index is 0. The molecule has 0 saturated heterocycles. The summed E-state index contributed by atoms with van der Waals surface area (Å²) in [6.45, 7) is 8.50. The van der Waals surface area contributed by atoms with E-state index in [-0.39, 0.29) is 40.2 Å². The zero-order valence-electron chi connectivity index (χ0n) is 31.9. The van der Waals surface area contributed by atoms with Crippen LogP contribution in [0.15, 0.2) is 116 Å². The topological polar surface area (TPSA) is 102 Å². The third kappa shape index (κ3) is 5.68. The second-order valence-corrected chi connectivity index (χ2v) is 15.8. The average Bonchev–Trinajstić information content (AvgIpc) is 4.05. The van der Waals surface area contributed by atoms with E-state index < -0.39 is 0 Å². The molecule has 0 unspecified atom stereocenters. The van der Waals surface area contributed by atoms with Gasteiger partial charge in [-0.25, -0.2) is 29.9 Å². The van der Waals surface area contributed by atoms with Crippen molar-refractivity contribution in [2.24, 2.45) is 0 Å². The van der Waals surface area contributed by atoms with Crippen molar-refractivity contribution in [2.45, 2.75) is 0 Å². The molecule has 0 spiro atoms. The van der Waals surface area contributed by atoms with Crippen LogP contribution >= 0.6 is 22.7 Å². The molecule has 296 valence electrons. The molecule has 0 fully saturated rings. The first-order valence-electron chi connectivity index (χ1n) is 18.0. The van der Waals surface area contributed by atoms with Gasteiger partial charge in [0.05, 0.1) is 22.1 Å². The summed E-state index contributed by atoms with van der Waals surface area (Å²) in [7, 11) is 7.98. The summed E-state index contributed by atoms with van der Waals surface area (Å²) in [6.07, 6.45) is 6.80. The standard InChI is InChI=1S/C22H18N7S.C20H13N6S.2Ir/c1-13-27(4)20-21(24-11-10-23-20)28(13)17-6-5-7-18-19(17)30-22-25-15-12-14(26(2)3)8-9-16(15)29(18)22;1-12-24(2)18-19(22-11-10-21-18)25(12)15-8-5-9-16-17(15)27-20-23-13-6-3-4-7-14(13)26(16)20;;/h5,7-12H,1H2,2-4H3;3-7,9-11H,1H2,2H3;;/q2*-1;;. The van der Waals surface area contributed by atoms with E-state index >= 15 is 0 Å². The van der Waals surface area contributed by atoms with E-state index in [9.17, 15) is 0 Å². The average molecular weight is 1170 g/mol. The van der Waals surface area contributed by atoms with E-state index in [1.165, 1.54) is 0 Å². The van der Waals surface area contributed by atoms with Gasteiger partial charge >= 0.3 is 0 Å². The molecule has 0 bridgehead atoms. The number of benzene rings is 4. The van der Waals surface area contributed by atoms with Crippen LogP contribution in [0.3, 0.4) is 0 Å². The van der Waals surface area contributed by atoms with E-state index in [0.29, 0.717) is 0 Å². The Hall–Kier alpha value is -5.80. The molecular weight excluding hydrogens is 1140 g/mol. The predicted molar refractivity (Wildman–Crippen MR) is 232 cm³/mol. The fourth-order valence-electron chi connectivity index (χ4n) is 7.62. The van der Waals surface area contributed by atoms with Gasteiger partial charge in [-0.3, -0.25) is 0 Å². The minimum Gasteiger partial charge on any atom is -0.378 e. The number of nitrogens with zero attached hydrogens (tertiary/aromatic N) is 13. The summed E-state index contributed by atoms with van der Waals surface area (Å²) >= 11 is 3.30. The molecule has 13 nitrogen and oxygen atoms in total. The summed E-state index contributed by atoms with van der Waals surface area (Å²) in [6, 6.07) is 29.4. The van der Waals surface area contributed by atoms with Gasteiger partial charge in [-0.15, -0.1) is 12.1 Å². The fraction of sp³-hybridized carbons (Fsp3) is 0.0952. The first-order valence-corrected chi connectivity index (χ1v) is 19.6. The van der Waals surface area contributed by atoms with Gasteiger partial charge in [-0.1, -0.05) is 25.3 Å². The van der Waals surface area contributed by atoms with Crippen LogP contribution in [0, 0.1) is 12.1 Å². The molecule has 0 amide bonds. The molecule has 6 aromatic heterocycles. The Kier molecular flexibility index (Phi) is 9.50. The summed E-state index contributed by atoms with van der Waals surface area (Å²) in [4.78, 5) is 39.7. The fourth-order valence-corrected chi connectivity index (χ4v) is 9.87. The van der Waals surface area contributed by atoms with Crippen molar-refractivity contribution >= 4 is 115 Å². The Morgan fingerprint density at radius 1 is 0.576 bits per heavy atom. The van der Waals surface area contributed by atoms with Gasteiger partial charge in [0.15, 0.2) is 33.2 Å². The number of anilines is 7.